The second kappa shape index (κ2) is 6.59. The van der Waals surface area contributed by atoms with Crippen LogP contribution in [0.5, 0.6) is 0 Å². The third kappa shape index (κ3) is 3.15. The highest BCUT2D eigenvalue weighted by atomic mass is 19.1. The van der Waals surface area contributed by atoms with Gasteiger partial charge in [-0.15, -0.1) is 0 Å². The summed E-state index contributed by atoms with van der Waals surface area (Å²) >= 11 is 0. The minimum absolute atomic E-state index is 0.0379. The Labute approximate surface area is 149 Å². The van der Waals surface area contributed by atoms with Crippen molar-refractivity contribution in [2.45, 2.75) is 12.5 Å². The molecule has 132 valence electrons. The fraction of sp³-hybridized carbons (Fsp3) is 0.211. The molecule has 1 amide bonds. The summed E-state index contributed by atoms with van der Waals surface area (Å²) in [5.41, 5.74) is 6.68. The molecule has 26 heavy (non-hydrogen) atoms. The molecule has 0 unspecified atom stereocenters. The van der Waals surface area contributed by atoms with Crippen LogP contribution < -0.4 is 11.1 Å². The standard InChI is InChI=1S/C19H18FN5O/c20-15-9-12(5-6-16(15)21)18(26)25-8-7-14(11-25)23-19-22-10-13-3-1-2-4-17(13)24-19/h1-6,9-10,14H,7-8,11,21H2,(H,22,23,24)/t14-/m1/s1. The number of benzene rings is 2. The summed E-state index contributed by atoms with van der Waals surface area (Å²) in [4.78, 5) is 23.1. The zero-order chi connectivity index (χ0) is 18.1. The summed E-state index contributed by atoms with van der Waals surface area (Å²) in [6.07, 6.45) is 2.55. The van der Waals surface area contributed by atoms with Gasteiger partial charge in [-0.2, -0.15) is 0 Å². The Kier molecular flexibility index (Phi) is 4.12. The molecule has 1 atom stereocenters. The zero-order valence-corrected chi connectivity index (χ0v) is 14.0. The molecule has 7 heteroatoms. The van der Waals surface area contributed by atoms with Crippen LogP contribution in [-0.4, -0.2) is 39.9 Å². The molecule has 1 aliphatic heterocycles. The molecule has 4 rings (SSSR count). The highest BCUT2D eigenvalue weighted by Crippen LogP contribution is 2.19. The second-order valence-electron chi connectivity index (χ2n) is 6.37. The van der Waals surface area contributed by atoms with Crippen molar-refractivity contribution in [1.82, 2.24) is 14.9 Å². The number of carbonyl (C=O) groups is 1. The first kappa shape index (κ1) is 16.3. The summed E-state index contributed by atoms with van der Waals surface area (Å²) < 4.78 is 13.6. The van der Waals surface area contributed by atoms with Crippen LogP contribution in [0.2, 0.25) is 0 Å². The maximum absolute atomic E-state index is 13.6. The second-order valence-corrected chi connectivity index (χ2v) is 6.37. The molecule has 0 radical (unpaired) electrons. The van der Waals surface area contributed by atoms with Gasteiger partial charge in [0, 0.05) is 36.3 Å². The Hall–Kier alpha value is -3.22. The van der Waals surface area contributed by atoms with E-state index >= 15 is 0 Å². The lowest BCUT2D eigenvalue weighted by Gasteiger charge is -2.17. The van der Waals surface area contributed by atoms with Crippen molar-refractivity contribution in [1.29, 1.82) is 0 Å². The molecule has 1 fully saturated rings. The fourth-order valence-electron chi connectivity index (χ4n) is 3.13. The highest BCUT2D eigenvalue weighted by molar-refractivity contribution is 5.94. The molecule has 3 aromatic rings. The molecule has 2 aromatic carbocycles. The van der Waals surface area contributed by atoms with Crippen molar-refractivity contribution >= 4 is 28.4 Å². The molecular weight excluding hydrogens is 333 g/mol. The van der Waals surface area contributed by atoms with Crippen molar-refractivity contribution < 1.29 is 9.18 Å². The molecule has 2 heterocycles. The van der Waals surface area contributed by atoms with Crippen LogP contribution in [0.15, 0.2) is 48.7 Å². The minimum atomic E-state index is -0.575. The number of fused-ring (bicyclic) bond motifs is 1. The fourth-order valence-corrected chi connectivity index (χ4v) is 3.13. The van der Waals surface area contributed by atoms with Crippen LogP contribution in [0, 0.1) is 5.82 Å². The number of carbonyl (C=O) groups excluding carboxylic acids is 1. The van der Waals surface area contributed by atoms with E-state index in [1.165, 1.54) is 12.1 Å². The summed E-state index contributed by atoms with van der Waals surface area (Å²) in [6.45, 7) is 1.11. The van der Waals surface area contributed by atoms with Gasteiger partial charge >= 0.3 is 0 Å². The molecule has 1 aromatic heterocycles. The lowest BCUT2D eigenvalue weighted by atomic mass is 10.2. The number of amides is 1. The van der Waals surface area contributed by atoms with Gasteiger partial charge < -0.3 is 16.0 Å². The van der Waals surface area contributed by atoms with E-state index in [-0.39, 0.29) is 17.6 Å². The highest BCUT2D eigenvalue weighted by Gasteiger charge is 2.27. The monoisotopic (exact) mass is 351 g/mol. The van der Waals surface area contributed by atoms with E-state index in [0.717, 1.165) is 17.3 Å². The van der Waals surface area contributed by atoms with Crippen molar-refractivity contribution in [3.63, 3.8) is 0 Å². The molecule has 0 saturated carbocycles. The Bertz CT molecular complexity index is 977. The normalized spacial score (nSPS) is 16.8. The van der Waals surface area contributed by atoms with Gasteiger partial charge in [0.15, 0.2) is 0 Å². The largest absolute Gasteiger partial charge is 0.396 e. The number of halogens is 1. The Balaban J connectivity index is 1.44. The minimum Gasteiger partial charge on any atom is -0.396 e. The number of anilines is 2. The molecule has 0 spiro atoms. The maximum atomic E-state index is 13.6. The smallest absolute Gasteiger partial charge is 0.254 e. The predicted octanol–water partition coefficient (Wildman–Crippen LogP) is 2.68. The number of hydrogen-bond donors (Lipinski definition) is 2. The Morgan fingerprint density at radius 3 is 2.96 bits per heavy atom. The quantitative estimate of drug-likeness (QED) is 0.709. The van der Waals surface area contributed by atoms with Gasteiger partial charge in [-0.05, 0) is 30.7 Å². The topological polar surface area (TPSA) is 84.1 Å². The van der Waals surface area contributed by atoms with E-state index in [4.69, 9.17) is 5.73 Å². The van der Waals surface area contributed by atoms with E-state index in [1.807, 2.05) is 24.3 Å². The van der Waals surface area contributed by atoms with Crippen LogP contribution in [-0.2, 0) is 0 Å². The van der Waals surface area contributed by atoms with Crippen molar-refractivity contribution in [2.75, 3.05) is 24.1 Å². The van der Waals surface area contributed by atoms with Gasteiger partial charge in [-0.1, -0.05) is 18.2 Å². The molecule has 0 aliphatic carbocycles. The lowest BCUT2D eigenvalue weighted by Crippen LogP contribution is -2.32. The molecule has 1 aliphatic rings. The number of nitrogen functional groups attached to an aromatic ring is 1. The van der Waals surface area contributed by atoms with E-state index in [9.17, 15) is 9.18 Å². The Morgan fingerprint density at radius 2 is 2.12 bits per heavy atom. The van der Waals surface area contributed by atoms with E-state index < -0.39 is 5.82 Å². The van der Waals surface area contributed by atoms with E-state index in [1.54, 1.807) is 17.2 Å². The van der Waals surface area contributed by atoms with E-state index in [2.05, 4.69) is 15.3 Å². The SMILES string of the molecule is Nc1ccc(C(=O)N2CC[C@@H](Nc3ncc4ccccc4n3)C2)cc1F. The van der Waals surface area contributed by atoms with Gasteiger partial charge in [-0.3, -0.25) is 4.79 Å². The molecular formula is C19H18FN5O. The number of para-hydroxylation sites is 1. The van der Waals surface area contributed by atoms with Crippen molar-refractivity contribution in [2.24, 2.45) is 0 Å². The van der Waals surface area contributed by atoms with Crippen LogP contribution >= 0.6 is 0 Å². The number of aromatic nitrogens is 2. The van der Waals surface area contributed by atoms with Gasteiger partial charge in [0.25, 0.3) is 5.91 Å². The van der Waals surface area contributed by atoms with Crippen molar-refractivity contribution in [3.8, 4) is 0 Å². The number of rotatable bonds is 3. The van der Waals surface area contributed by atoms with Crippen LogP contribution in [0.1, 0.15) is 16.8 Å². The van der Waals surface area contributed by atoms with Gasteiger partial charge in [-0.25, -0.2) is 14.4 Å². The molecule has 6 nitrogen and oxygen atoms in total. The number of nitrogens with one attached hydrogen (secondary N) is 1. The summed E-state index contributed by atoms with van der Waals surface area (Å²) in [7, 11) is 0. The molecule has 3 N–H and O–H groups in total. The van der Waals surface area contributed by atoms with Crippen molar-refractivity contribution in [3.05, 3.63) is 60.0 Å². The molecule has 1 saturated heterocycles. The van der Waals surface area contributed by atoms with Crippen LogP contribution in [0.3, 0.4) is 0 Å². The summed E-state index contributed by atoms with van der Waals surface area (Å²) in [6, 6.07) is 12.0. The van der Waals surface area contributed by atoms with Gasteiger partial charge in [0.05, 0.1) is 11.2 Å². The first-order chi connectivity index (χ1) is 12.6. The maximum Gasteiger partial charge on any atom is 0.254 e. The third-order valence-corrected chi connectivity index (χ3v) is 4.55. The average molecular weight is 351 g/mol. The molecule has 0 bridgehead atoms. The lowest BCUT2D eigenvalue weighted by molar-refractivity contribution is 0.0791. The average Bonchev–Trinajstić information content (AvgIpc) is 3.12. The summed E-state index contributed by atoms with van der Waals surface area (Å²) in [5.74, 6) is -0.233. The Morgan fingerprint density at radius 1 is 1.27 bits per heavy atom. The predicted molar refractivity (Wildman–Crippen MR) is 98.3 cm³/mol. The summed E-state index contributed by atoms with van der Waals surface area (Å²) in [5, 5.41) is 4.26. The zero-order valence-electron chi connectivity index (χ0n) is 14.0. The van der Waals surface area contributed by atoms with Crippen LogP contribution in [0.4, 0.5) is 16.0 Å². The van der Waals surface area contributed by atoms with Gasteiger partial charge in [0.1, 0.15) is 5.82 Å². The van der Waals surface area contributed by atoms with Crippen LogP contribution in [0.25, 0.3) is 10.9 Å². The van der Waals surface area contributed by atoms with E-state index in [0.29, 0.717) is 24.6 Å². The number of likely N-dealkylation sites (tertiary alicyclic amines) is 1. The number of hydrogen-bond acceptors (Lipinski definition) is 5. The third-order valence-electron chi connectivity index (χ3n) is 4.55. The number of nitrogens with zero attached hydrogens (tertiary/aromatic N) is 3. The number of nitrogens with two attached hydrogens (primary N) is 1. The van der Waals surface area contributed by atoms with Gasteiger partial charge in [0.2, 0.25) is 5.95 Å². The first-order valence-electron chi connectivity index (χ1n) is 8.43. The first-order valence-corrected chi connectivity index (χ1v) is 8.43.